The fraction of sp³-hybridized carbons (Fsp3) is 0.105. The predicted molar refractivity (Wildman–Crippen MR) is 102 cm³/mol. The van der Waals surface area contributed by atoms with E-state index < -0.39 is 15.9 Å². The molecule has 27 heavy (non-hydrogen) atoms. The molecule has 140 valence electrons. The van der Waals surface area contributed by atoms with Crippen LogP contribution in [-0.4, -0.2) is 14.3 Å². The van der Waals surface area contributed by atoms with Gasteiger partial charge in [-0.25, -0.2) is 17.5 Å². The second-order valence-electron chi connectivity index (χ2n) is 5.74. The molecule has 0 aliphatic rings. The second-order valence-corrected chi connectivity index (χ2v) is 8.54. The van der Waals surface area contributed by atoms with Crippen molar-refractivity contribution in [2.75, 3.05) is 0 Å². The number of rotatable bonds is 7. The Bertz CT molecular complexity index is 1020. The van der Waals surface area contributed by atoms with Crippen LogP contribution in [0.1, 0.15) is 20.8 Å². The van der Waals surface area contributed by atoms with Crippen LogP contribution in [-0.2, 0) is 23.1 Å². The van der Waals surface area contributed by atoms with Crippen molar-refractivity contribution in [1.29, 1.82) is 0 Å². The Morgan fingerprint density at radius 3 is 2.48 bits per heavy atom. The smallest absolute Gasteiger partial charge is 0.251 e. The highest BCUT2D eigenvalue weighted by molar-refractivity contribution is 7.89. The van der Waals surface area contributed by atoms with Gasteiger partial charge in [-0.15, -0.1) is 11.3 Å². The maximum atomic E-state index is 12.9. The van der Waals surface area contributed by atoms with Crippen LogP contribution in [0.15, 0.2) is 70.9 Å². The van der Waals surface area contributed by atoms with Gasteiger partial charge in [-0.2, -0.15) is 0 Å². The molecule has 2 N–H and O–H groups in total. The third-order valence-corrected chi connectivity index (χ3v) is 6.06. The molecule has 1 heterocycles. The second kappa shape index (κ2) is 8.43. The van der Waals surface area contributed by atoms with Crippen molar-refractivity contribution in [1.82, 2.24) is 10.0 Å². The van der Waals surface area contributed by atoms with E-state index in [0.29, 0.717) is 0 Å². The predicted octanol–water partition coefficient (Wildman–Crippen LogP) is 3.30. The molecule has 3 aromatic rings. The average molecular weight is 404 g/mol. The Labute approximate surface area is 160 Å². The number of carbonyl (C=O) groups excluding carboxylic acids is 1. The highest BCUT2D eigenvalue weighted by Gasteiger charge is 2.16. The molecule has 0 fully saturated rings. The first-order valence-corrected chi connectivity index (χ1v) is 10.4. The highest BCUT2D eigenvalue weighted by Crippen LogP contribution is 2.14. The minimum absolute atomic E-state index is 0.0217. The lowest BCUT2D eigenvalue weighted by Crippen LogP contribution is -2.25. The number of amides is 1. The van der Waals surface area contributed by atoms with Gasteiger partial charge in [-0.1, -0.05) is 24.3 Å². The van der Waals surface area contributed by atoms with Gasteiger partial charge < -0.3 is 5.32 Å². The first kappa shape index (κ1) is 19.2. The molecule has 3 rings (SSSR count). The van der Waals surface area contributed by atoms with E-state index in [1.165, 1.54) is 47.7 Å². The first-order chi connectivity index (χ1) is 12.9. The number of hydrogen-bond acceptors (Lipinski definition) is 4. The van der Waals surface area contributed by atoms with Gasteiger partial charge >= 0.3 is 0 Å². The van der Waals surface area contributed by atoms with Gasteiger partial charge in [0.15, 0.2) is 0 Å². The molecule has 1 amide bonds. The highest BCUT2D eigenvalue weighted by atomic mass is 32.2. The summed E-state index contributed by atoms with van der Waals surface area (Å²) in [7, 11) is -3.73. The van der Waals surface area contributed by atoms with Crippen LogP contribution in [0.4, 0.5) is 4.39 Å². The maximum absolute atomic E-state index is 12.9. The molecular formula is C19H17FN2O3S2. The van der Waals surface area contributed by atoms with Crippen LogP contribution in [0.2, 0.25) is 0 Å². The van der Waals surface area contributed by atoms with Crippen LogP contribution in [0.25, 0.3) is 0 Å². The standard InChI is InChI=1S/C19H17FN2O3S2/c20-16-8-6-14(7-9-16)12-21-19(23)15-3-1-5-18(11-15)27(24,25)22-13-17-4-2-10-26-17/h1-11,22H,12-13H2,(H,21,23). The summed E-state index contributed by atoms with van der Waals surface area (Å²) in [5.74, 6) is -0.757. The van der Waals surface area contributed by atoms with Gasteiger partial charge in [0.05, 0.1) is 4.90 Å². The normalized spacial score (nSPS) is 11.3. The van der Waals surface area contributed by atoms with Gasteiger partial charge in [0.2, 0.25) is 10.0 Å². The molecule has 0 spiro atoms. The number of thiophene rings is 1. The molecule has 0 aliphatic heterocycles. The van der Waals surface area contributed by atoms with Crippen molar-refractivity contribution in [2.45, 2.75) is 18.0 Å². The van der Waals surface area contributed by atoms with Crippen molar-refractivity contribution >= 4 is 27.3 Å². The van der Waals surface area contributed by atoms with Crippen LogP contribution < -0.4 is 10.0 Å². The zero-order valence-electron chi connectivity index (χ0n) is 14.2. The van der Waals surface area contributed by atoms with E-state index in [0.717, 1.165) is 10.4 Å². The van der Waals surface area contributed by atoms with Crippen LogP contribution in [0.5, 0.6) is 0 Å². The lowest BCUT2D eigenvalue weighted by Gasteiger charge is -2.09. The topological polar surface area (TPSA) is 75.3 Å². The molecular weight excluding hydrogens is 387 g/mol. The molecule has 2 aromatic carbocycles. The van der Waals surface area contributed by atoms with Gasteiger partial charge in [-0.05, 0) is 47.3 Å². The minimum Gasteiger partial charge on any atom is -0.348 e. The summed E-state index contributed by atoms with van der Waals surface area (Å²) >= 11 is 1.46. The molecule has 0 atom stereocenters. The lowest BCUT2D eigenvalue weighted by atomic mass is 10.2. The van der Waals surface area contributed by atoms with Gasteiger partial charge in [0.25, 0.3) is 5.91 Å². The summed E-state index contributed by atoms with van der Waals surface area (Å²) in [4.78, 5) is 13.2. The monoisotopic (exact) mass is 404 g/mol. The van der Waals surface area contributed by atoms with Crippen molar-refractivity contribution < 1.29 is 17.6 Å². The summed E-state index contributed by atoms with van der Waals surface area (Å²) in [6.07, 6.45) is 0. The maximum Gasteiger partial charge on any atom is 0.251 e. The van der Waals surface area contributed by atoms with Crippen LogP contribution >= 0.6 is 11.3 Å². The Morgan fingerprint density at radius 1 is 1.00 bits per heavy atom. The Balaban J connectivity index is 1.66. The number of benzene rings is 2. The Hall–Kier alpha value is -2.55. The van der Waals surface area contributed by atoms with Crippen molar-refractivity contribution in [3.63, 3.8) is 0 Å². The van der Waals surface area contributed by atoms with Gasteiger partial charge in [-0.3, -0.25) is 4.79 Å². The van der Waals surface area contributed by atoms with Crippen molar-refractivity contribution in [3.8, 4) is 0 Å². The van der Waals surface area contributed by atoms with E-state index in [1.807, 2.05) is 17.5 Å². The van der Waals surface area contributed by atoms with Crippen molar-refractivity contribution in [2.24, 2.45) is 0 Å². The number of nitrogens with one attached hydrogen (secondary N) is 2. The molecule has 8 heteroatoms. The van der Waals surface area contributed by atoms with E-state index in [4.69, 9.17) is 0 Å². The Kier molecular flexibility index (Phi) is 6.00. The fourth-order valence-electron chi connectivity index (χ4n) is 2.35. The molecule has 1 aromatic heterocycles. The summed E-state index contributed by atoms with van der Waals surface area (Å²) in [6.45, 7) is 0.410. The summed E-state index contributed by atoms with van der Waals surface area (Å²) in [5, 5.41) is 4.56. The molecule has 0 unspecified atom stereocenters. The van der Waals surface area contributed by atoms with Crippen molar-refractivity contribution in [3.05, 3.63) is 87.9 Å². The number of sulfonamides is 1. The van der Waals surface area contributed by atoms with Gasteiger partial charge in [0.1, 0.15) is 5.82 Å². The number of carbonyl (C=O) groups is 1. The summed E-state index contributed by atoms with van der Waals surface area (Å²) < 4.78 is 40.3. The van der Waals surface area contributed by atoms with E-state index in [2.05, 4.69) is 10.0 Å². The molecule has 0 bridgehead atoms. The first-order valence-electron chi connectivity index (χ1n) is 8.09. The average Bonchev–Trinajstić information content (AvgIpc) is 3.20. The number of halogens is 1. The van der Waals surface area contributed by atoms with Gasteiger partial charge in [0, 0.05) is 23.5 Å². The van der Waals surface area contributed by atoms with E-state index >= 15 is 0 Å². The SMILES string of the molecule is O=C(NCc1ccc(F)cc1)c1cccc(S(=O)(=O)NCc2cccs2)c1. The van der Waals surface area contributed by atoms with Crippen LogP contribution in [0.3, 0.4) is 0 Å². The minimum atomic E-state index is -3.73. The van der Waals surface area contributed by atoms with E-state index in [1.54, 1.807) is 12.1 Å². The largest absolute Gasteiger partial charge is 0.348 e. The third-order valence-electron chi connectivity index (χ3n) is 3.79. The molecule has 0 radical (unpaired) electrons. The molecule has 0 aliphatic carbocycles. The molecule has 0 saturated heterocycles. The molecule has 0 saturated carbocycles. The zero-order chi connectivity index (χ0) is 19.3. The van der Waals surface area contributed by atoms with E-state index in [-0.39, 0.29) is 29.4 Å². The zero-order valence-corrected chi connectivity index (χ0v) is 15.8. The van der Waals surface area contributed by atoms with Crippen LogP contribution in [0, 0.1) is 5.82 Å². The quantitative estimate of drug-likeness (QED) is 0.635. The summed E-state index contributed by atoms with van der Waals surface area (Å²) in [6, 6.07) is 15.3. The fourth-order valence-corrected chi connectivity index (χ4v) is 4.14. The third kappa shape index (κ3) is 5.22. The Morgan fingerprint density at radius 2 is 1.78 bits per heavy atom. The lowest BCUT2D eigenvalue weighted by molar-refractivity contribution is 0.0950. The molecule has 5 nitrogen and oxygen atoms in total. The van der Waals surface area contributed by atoms with E-state index in [9.17, 15) is 17.6 Å². The summed E-state index contributed by atoms with van der Waals surface area (Å²) in [5.41, 5.74) is 0.974. The number of hydrogen-bond donors (Lipinski definition) is 2.